The van der Waals surface area contributed by atoms with Crippen LogP contribution in [0.4, 0.5) is 0 Å². The molecule has 0 aliphatic heterocycles. The van der Waals surface area contributed by atoms with E-state index in [2.05, 4.69) is 4.72 Å². The molecule has 0 aromatic heterocycles. The number of rotatable bonds is 3. The van der Waals surface area contributed by atoms with Gasteiger partial charge < -0.3 is 4.79 Å². The van der Waals surface area contributed by atoms with E-state index >= 15 is 0 Å². The average Bonchev–Trinajstić information content (AvgIpc) is 2.16. The first kappa shape index (κ1) is 13.6. The van der Waals surface area contributed by atoms with Crippen molar-refractivity contribution in [1.29, 1.82) is 0 Å². The van der Waals surface area contributed by atoms with Crippen molar-refractivity contribution in [3.8, 4) is 0 Å². The van der Waals surface area contributed by atoms with Crippen LogP contribution in [0.15, 0.2) is 0 Å². The summed E-state index contributed by atoms with van der Waals surface area (Å²) in [5, 5.41) is 0. The first-order valence-corrected chi connectivity index (χ1v) is 7.22. The van der Waals surface area contributed by atoms with Gasteiger partial charge in [-0.25, -0.2) is 13.1 Å². The lowest BCUT2D eigenvalue weighted by Gasteiger charge is -2.29. The summed E-state index contributed by atoms with van der Waals surface area (Å²) in [4.78, 5) is 10.6. The van der Waals surface area contributed by atoms with Crippen LogP contribution in [-0.4, -0.2) is 25.5 Å². The van der Waals surface area contributed by atoms with Crippen LogP contribution in [0.5, 0.6) is 0 Å². The van der Waals surface area contributed by atoms with Crippen molar-refractivity contribution in [3.05, 3.63) is 0 Å². The zero-order chi connectivity index (χ0) is 12.4. The van der Waals surface area contributed by atoms with E-state index in [-0.39, 0.29) is 12.0 Å². The van der Waals surface area contributed by atoms with Crippen molar-refractivity contribution < 1.29 is 13.2 Å². The first-order valence-electron chi connectivity index (χ1n) is 5.73. The lowest BCUT2D eigenvalue weighted by Crippen LogP contribution is -2.45. The molecule has 0 aromatic carbocycles. The Bertz CT molecular complexity index is 335. The molecule has 0 atom stereocenters. The standard InChI is InChI=1S/C11H21NO3S/c1-11(2,3)16(14,15)12-10-6-4-9(8-13)5-7-10/h8-10,12H,4-7H2,1-3H3. The summed E-state index contributed by atoms with van der Waals surface area (Å²) in [5.41, 5.74) is 0. The Morgan fingerprint density at radius 1 is 1.12 bits per heavy atom. The number of hydrogen-bond donors (Lipinski definition) is 1. The number of aldehydes is 1. The highest BCUT2D eigenvalue weighted by Crippen LogP contribution is 2.24. The fourth-order valence-corrected chi connectivity index (χ4v) is 2.80. The lowest BCUT2D eigenvalue weighted by atomic mass is 9.87. The van der Waals surface area contributed by atoms with Crippen LogP contribution < -0.4 is 4.72 Å². The van der Waals surface area contributed by atoms with E-state index in [0.717, 1.165) is 32.0 Å². The van der Waals surface area contributed by atoms with Gasteiger partial charge in [0.15, 0.2) is 0 Å². The van der Waals surface area contributed by atoms with Crippen LogP contribution in [0, 0.1) is 5.92 Å². The van der Waals surface area contributed by atoms with E-state index in [1.807, 2.05) is 0 Å². The molecule has 0 amide bonds. The van der Waals surface area contributed by atoms with E-state index in [4.69, 9.17) is 0 Å². The minimum Gasteiger partial charge on any atom is -0.303 e. The van der Waals surface area contributed by atoms with Crippen LogP contribution in [0.1, 0.15) is 46.5 Å². The summed E-state index contributed by atoms with van der Waals surface area (Å²) in [5.74, 6) is 0.121. The smallest absolute Gasteiger partial charge is 0.216 e. The monoisotopic (exact) mass is 247 g/mol. The van der Waals surface area contributed by atoms with Crippen molar-refractivity contribution in [2.75, 3.05) is 0 Å². The maximum Gasteiger partial charge on any atom is 0.216 e. The molecular weight excluding hydrogens is 226 g/mol. The third-order valence-corrected chi connectivity index (χ3v) is 5.35. The summed E-state index contributed by atoms with van der Waals surface area (Å²) >= 11 is 0. The topological polar surface area (TPSA) is 63.2 Å². The molecule has 1 rings (SSSR count). The van der Waals surface area contributed by atoms with Crippen LogP contribution in [0.3, 0.4) is 0 Å². The summed E-state index contributed by atoms with van der Waals surface area (Å²) in [6, 6.07) is 0.000394. The molecule has 1 aliphatic rings. The Labute approximate surface area is 97.9 Å². The van der Waals surface area contributed by atoms with E-state index < -0.39 is 14.8 Å². The molecule has 0 unspecified atom stereocenters. The number of carbonyl (C=O) groups is 1. The van der Waals surface area contributed by atoms with Crippen molar-refractivity contribution in [3.63, 3.8) is 0 Å². The SMILES string of the molecule is CC(C)(C)S(=O)(=O)NC1CCC(C=O)CC1. The van der Waals surface area contributed by atoms with Gasteiger partial charge >= 0.3 is 0 Å². The van der Waals surface area contributed by atoms with E-state index in [9.17, 15) is 13.2 Å². The molecule has 0 saturated heterocycles. The number of hydrogen-bond acceptors (Lipinski definition) is 3. The van der Waals surface area contributed by atoms with Gasteiger partial charge in [-0.3, -0.25) is 0 Å². The minimum atomic E-state index is -3.26. The van der Waals surface area contributed by atoms with Crippen LogP contribution in [-0.2, 0) is 14.8 Å². The molecule has 16 heavy (non-hydrogen) atoms. The van der Waals surface area contributed by atoms with E-state index in [1.54, 1.807) is 20.8 Å². The third-order valence-electron chi connectivity index (χ3n) is 3.09. The average molecular weight is 247 g/mol. The molecule has 1 saturated carbocycles. The highest BCUT2D eigenvalue weighted by atomic mass is 32.2. The first-order chi connectivity index (χ1) is 7.26. The van der Waals surface area contributed by atoms with Gasteiger partial charge in [-0.05, 0) is 46.5 Å². The van der Waals surface area contributed by atoms with Gasteiger partial charge in [-0.2, -0.15) is 0 Å². The van der Waals surface area contributed by atoms with Crippen molar-refractivity contribution in [2.24, 2.45) is 5.92 Å². The molecule has 1 aliphatic carbocycles. The predicted octanol–water partition coefficient (Wildman–Crippen LogP) is 1.46. The molecule has 0 bridgehead atoms. The molecule has 1 N–H and O–H groups in total. The van der Waals surface area contributed by atoms with Gasteiger partial charge in [0, 0.05) is 12.0 Å². The molecule has 1 fully saturated rings. The van der Waals surface area contributed by atoms with E-state index in [0.29, 0.717) is 0 Å². The van der Waals surface area contributed by atoms with Crippen molar-refractivity contribution in [2.45, 2.75) is 57.2 Å². The summed E-state index contributed by atoms with van der Waals surface area (Å²) in [6.07, 6.45) is 4.09. The van der Waals surface area contributed by atoms with Gasteiger partial charge in [0.1, 0.15) is 6.29 Å². The maximum atomic E-state index is 11.9. The van der Waals surface area contributed by atoms with Gasteiger partial charge in [-0.1, -0.05) is 0 Å². The quantitative estimate of drug-likeness (QED) is 0.768. The van der Waals surface area contributed by atoms with Gasteiger partial charge in [-0.15, -0.1) is 0 Å². The second kappa shape index (κ2) is 4.84. The van der Waals surface area contributed by atoms with Gasteiger partial charge in [0.25, 0.3) is 0 Å². The fourth-order valence-electron chi connectivity index (χ4n) is 1.77. The lowest BCUT2D eigenvalue weighted by molar-refractivity contribution is -0.111. The largest absolute Gasteiger partial charge is 0.303 e. The summed E-state index contributed by atoms with van der Waals surface area (Å²) in [6.45, 7) is 5.06. The second-order valence-electron chi connectivity index (χ2n) is 5.48. The third kappa shape index (κ3) is 3.28. The Morgan fingerprint density at radius 2 is 1.62 bits per heavy atom. The van der Waals surface area contributed by atoms with Gasteiger partial charge in [0.05, 0.1) is 4.75 Å². The Hall–Kier alpha value is -0.420. The molecule has 5 heteroatoms. The molecule has 94 valence electrons. The molecule has 0 spiro atoms. The van der Waals surface area contributed by atoms with Crippen LogP contribution in [0.25, 0.3) is 0 Å². The van der Waals surface area contributed by atoms with Crippen LogP contribution >= 0.6 is 0 Å². The van der Waals surface area contributed by atoms with Gasteiger partial charge in [0.2, 0.25) is 10.0 Å². The van der Waals surface area contributed by atoms with E-state index in [1.165, 1.54) is 0 Å². The fraction of sp³-hybridized carbons (Fsp3) is 0.909. The summed E-state index contributed by atoms with van der Waals surface area (Å²) < 4.78 is 25.7. The van der Waals surface area contributed by atoms with Crippen molar-refractivity contribution >= 4 is 16.3 Å². The molecule has 0 aromatic rings. The zero-order valence-electron chi connectivity index (χ0n) is 10.2. The number of sulfonamides is 1. The predicted molar refractivity (Wildman–Crippen MR) is 63.6 cm³/mol. The Kier molecular flexibility index (Phi) is 4.12. The highest BCUT2D eigenvalue weighted by Gasteiger charge is 2.32. The van der Waals surface area contributed by atoms with Crippen LogP contribution in [0.2, 0.25) is 0 Å². The maximum absolute atomic E-state index is 11.9. The highest BCUT2D eigenvalue weighted by molar-refractivity contribution is 7.90. The number of nitrogens with one attached hydrogen (secondary N) is 1. The molecule has 4 nitrogen and oxygen atoms in total. The normalized spacial score (nSPS) is 27.7. The molecule has 0 heterocycles. The zero-order valence-corrected chi connectivity index (χ0v) is 11.0. The summed E-state index contributed by atoms with van der Waals surface area (Å²) in [7, 11) is -3.26. The minimum absolute atomic E-state index is 0.000394. The Balaban J connectivity index is 2.55. The second-order valence-corrected chi connectivity index (χ2v) is 7.95. The molecule has 0 radical (unpaired) electrons. The Morgan fingerprint density at radius 3 is 2.00 bits per heavy atom. The molecular formula is C11H21NO3S. The number of carbonyl (C=O) groups excluding carboxylic acids is 1. The van der Waals surface area contributed by atoms with Crippen molar-refractivity contribution in [1.82, 2.24) is 4.72 Å².